The van der Waals surface area contributed by atoms with Crippen LogP contribution in [-0.4, -0.2) is 44.1 Å². The number of rotatable bonds is 1. The maximum absolute atomic E-state index is 10.5. The van der Waals surface area contributed by atoms with Crippen molar-refractivity contribution in [3.05, 3.63) is 0 Å². The van der Waals surface area contributed by atoms with Crippen molar-refractivity contribution < 1.29 is 14.3 Å². The predicted molar refractivity (Wildman–Crippen MR) is 55.0 cm³/mol. The summed E-state index contributed by atoms with van der Waals surface area (Å²) in [6.07, 6.45) is 0.363. The highest BCUT2D eigenvalue weighted by molar-refractivity contribution is 5.67. The summed E-state index contributed by atoms with van der Waals surface area (Å²) < 4.78 is 4.84. The van der Waals surface area contributed by atoms with E-state index < -0.39 is 0 Å². The molecule has 2 amide bonds. The zero-order valence-corrected chi connectivity index (χ0v) is 9.75. The molecule has 0 aliphatic rings. The number of ether oxygens (including phenoxy) is 1. The number of amides is 2. The van der Waals surface area contributed by atoms with Crippen LogP contribution < -0.4 is 5.32 Å². The zero-order chi connectivity index (χ0) is 11.8. The van der Waals surface area contributed by atoms with Crippen molar-refractivity contribution in [3.8, 4) is 0 Å². The molecule has 0 radical (unpaired) electrons. The van der Waals surface area contributed by atoms with Crippen LogP contribution >= 0.6 is 0 Å². The molecule has 0 atom stereocenters. The van der Waals surface area contributed by atoms with Crippen molar-refractivity contribution in [2.45, 2.75) is 26.4 Å². The molecule has 0 fully saturated rings. The first-order valence-corrected chi connectivity index (χ1v) is 4.25. The van der Waals surface area contributed by atoms with E-state index in [1.807, 2.05) is 20.8 Å². The Bertz CT molecular complexity index is 173. The SMILES string of the molecule is CN(C)C=O.CNC(=O)OC(C)(C)C. The normalized spacial score (nSPS) is 9.29. The fraction of sp³-hybridized carbons (Fsp3) is 0.778. The number of alkyl carbamates (subject to hydrolysis) is 1. The number of nitrogens with zero attached hydrogens (tertiary/aromatic N) is 1. The lowest BCUT2D eigenvalue weighted by molar-refractivity contribution is -0.115. The summed E-state index contributed by atoms with van der Waals surface area (Å²) in [6, 6.07) is 0. The van der Waals surface area contributed by atoms with Crippen molar-refractivity contribution >= 4 is 12.5 Å². The molecule has 0 aromatic rings. The average molecular weight is 204 g/mol. The van der Waals surface area contributed by atoms with Gasteiger partial charge in [-0.15, -0.1) is 0 Å². The van der Waals surface area contributed by atoms with Gasteiger partial charge < -0.3 is 15.0 Å². The van der Waals surface area contributed by atoms with Crippen molar-refractivity contribution in [2.24, 2.45) is 0 Å². The molecule has 1 N–H and O–H groups in total. The second-order valence-corrected chi connectivity index (χ2v) is 3.82. The molecule has 0 spiro atoms. The van der Waals surface area contributed by atoms with Gasteiger partial charge in [0, 0.05) is 21.1 Å². The molecule has 14 heavy (non-hydrogen) atoms. The molecular weight excluding hydrogens is 184 g/mol. The van der Waals surface area contributed by atoms with E-state index in [-0.39, 0.29) is 11.7 Å². The third-order valence-corrected chi connectivity index (χ3v) is 0.814. The highest BCUT2D eigenvalue weighted by Gasteiger charge is 2.13. The van der Waals surface area contributed by atoms with Gasteiger partial charge in [0.1, 0.15) is 5.60 Å². The lowest BCUT2D eigenvalue weighted by Gasteiger charge is -2.18. The van der Waals surface area contributed by atoms with Crippen LogP contribution in [0.25, 0.3) is 0 Å². The molecule has 84 valence electrons. The van der Waals surface area contributed by atoms with E-state index in [2.05, 4.69) is 5.32 Å². The Labute approximate surface area is 85.4 Å². The topological polar surface area (TPSA) is 58.6 Å². The molecular formula is C9H20N2O3. The first-order valence-electron chi connectivity index (χ1n) is 4.25. The largest absolute Gasteiger partial charge is 0.444 e. The molecule has 0 aromatic carbocycles. The van der Waals surface area contributed by atoms with Gasteiger partial charge in [0.05, 0.1) is 0 Å². The van der Waals surface area contributed by atoms with Gasteiger partial charge in [-0.3, -0.25) is 4.79 Å². The molecule has 0 aliphatic heterocycles. The minimum absolute atomic E-state index is 0.387. The molecule has 5 heteroatoms. The summed E-state index contributed by atoms with van der Waals surface area (Å²) in [5.74, 6) is 0. The van der Waals surface area contributed by atoms with Crippen LogP contribution in [0.1, 0.15) is 20.8 Å². The first-order chi connectivity index (χ1) is 6.22. The van der Waals surface area contributed by atoms with Gasteiger partial charge in [0.2, 0.25) is 6.41 Å². The summed E-state index contributed by atoms with van der Waals surface area (Å²) in [5, 5.41) is 2.36. The van der Waals surface area contributed by atoms with Crippen LogP contribution in [0.4, 0.5) is 4.79 Å². The standard InChI is InChI=1S/C6H13NO2.C3H7NO/c1-6(2,3)9-5(8)7-4;1-4(2)3-5/h1-4H3,(H,7,8);3H,1-2H3. The molecule has 0 rings (SSSR count). The Morgan fingerprint density at radius 1 is 1.36 bits per heavy atom. The summed E-state index contributed by atoms with van der Waals surface area (Å²) in [4.78, 5) is 21.4. The third kappa shape index (κ3) is 17.0. The van der Waals surface area contributed by atoms with Crippen molar-refractivity contribution in [3.63, 3.8) is 0 Å². The summed E-state index contributed by atoms with van der Waals surface area (Å²) in [7, 11) is 4.91. The van der Waals surface area contributed by atoms with E-state index in [1.54, 1.807) is 14.1 Å². The third-order valence-electron chi connectivity index (χ3n) is 0.814. The summed E-state index contributed by atoms with van der Waals surface area (Å²) in [5.41, 5.74) is -0.389. The quantitative estimate of drug-likeness (QED) is 0.644. The van der Waals surface area contributed by atoms with Gasteiger partial charge in [-0.05, 0) is 20.8 Å². The highest BCUT2D eigenvalue weighted by Crippen LogP contribution is 2.05. The molecule has 0 unspecified atom stereocenters. The van der Waals surface area contributed by atoms with E-state index >= 15 is 0 Å². The molecule has 0 heterocycles. The van der Waals surface area contributed by atoms with Crippen LogP contribution in [0, 0.1) is 0 Å². The lowest BCUT2D eigenvalue weighted by atomic mass is 10.2. The average Bonchev–Trinajstić information content (AvgIpc) is 2.02. The van der Waals surface area contributed by atoms with E-state index in [1.165, 1.54) is 11.9 Å². The summed E-state index contributed by atoms with van der Waals surface area (Å²) >= 11 is 0. The molecule has 0 saturated heterocycles. The Hall–Kier alpha value is -1.26. The molecule has 0 bridgehead atoms. The smallest absolute Gasteiger partial charge is 0.407 e. The molecule has 0 aromatic heterocycles. The van der Waals surface area contributed by atoms with Crippen molar-refractivity contribution in [1.29, 1.82) is 0 Å². The fourth-order valence-corrected chi connectivity index (χ4v) is 0.329. The van der Waals surface area contributed by atoms with E-state index in [4.69, 9.17) is 4.74 Å². The van der Waals surface area contributed by atoms with Crippen LogP contribution in [0.15, 0.2) is 0 Å². The Morgan fingerprint density at radius 3 is 1.79 bits per heavy atom. The number of carbonyl (C=O) groups is 2. The monoisotopic (exact) mass is 204 g/mol. The Kier molecular flexibility index (Phi) is 7.80. The van der Waals surface area contributed by atoms with Crippen LogP contribution in [0.2, 0.25) is 0 Å². The van der Waals surface area contributed by atoms with Gasteiger partial charge in [-0.1, -0.05) is 0 Å². The number of hydrogen-bond acceptors (Lipinski definition) is 3. The van der Waals surface area contributed by atoms with E-state index in [0.717, 1.165) is 6.41 Å². The second-order valence-electron chi connectivity index (χ2n) is 3.82. The Morgan fingerprint density at radius 2 is 1.71 bits per heavy atom. The van der Waals surface area contributed by atoms with Gasteiger partial charge >= 0.3 is 6.09 Å². The number of carbonyl (C=O) groups excluding carboxylic acids is 2. The van der Waals surface area contributed by atoms with Gasteiger partial charge in [0.25, 0.3) is 0 Å². The Balaban J connectivity index is 0. The first kappa shape index (κ1) is 15.2. The fourth-order valence-electron chi connectivity index (χ4n) is 0.329. The molecule has 5 nitrogen and oxygen atoms in total. The number of hydrogen-bond donors (Lipinski definition) is 1. The zero-order valence-electron chi connectivity index (χ0n) is 9.75. The minimum atomic E-state index is -0.389. The van der Waals surface area contributed by atoms with Crippen molar-refractivity contribution in [1.82, 2.24) is 10.2 Å². The van der Waals surface area contributed by atoms with E-state index in [9.17, 15) is 9.59 Å². The predicted octanol–water partition coefficient (Wildman–Crippen LogP) is 0.845. The maximum atomic E-state index is 10.5. The molecule has 0 saturated carbocycles. The number of nitrogens with one attached hydrogen (secondary N) is 1. The van der Waals surface area contributed by atoms with Gasteiger partial charge in [-0.25, -0.2) is 4.79 Å². The van der Waals surface area contributed by atoms with E-state index in [0.29, 0.717) is 0 Å². The van der Waals surface area contributed by atoms with Crippen LogP contribution in [0.5, 0.6) is 0 Å². The second kappa shape index (κ2) is 7.17. The lowest BCUT2D eigenvalue weighted by Crippen LogP contribution is -2.30. The van der Waals surface area contributed by atoms with Crippen LogP contribution in [-0.2, 0) is 9.53 Å². The maximum Gasteiger partial charge on any atom is 0.407 e. The minimum Gasteiger partial charge on any atom is -0.444 e. The van der Waals surface area contributed by atoms with Gasteiger partial charge in [-0.2, -0.15) is 0 Å². The van der Waals surface area contributed by atoms with Gasteiger partial charge in [0.15, 0.2) is 0 Å². The van der Waals surface area contributed by atoms with Crippen molar-refractivity contribution in [2.75, 3.05) is 21.1 Å². The molecule has 0 aliphatic carbocycles. The van der Waals surface area contributed by atoms with Crippen LogP contribution in [0.3, 0.4) is 0 Å². The summed E-state index contributed by atoms with van der Waals surface area (Å²) in [6.45, 7) is 5.46. The highest BCUT2D eigenvalue weighted by atomic mass is 16.6.